The van der Waals surface area contributed by atoms with E-state index in [2.05, 4.69) is 11.1 Å². The van der Waals surface area contributed by atoms with Gasteiger partial charge in [0.25, 0.3) is 5.91 Å². The summed E-state index contributed by atoms with van der Waals surface area (Å²) in [4.78, 5) is 35.2. The normalized spacial score (nSPS) is 24.2. The molecule has 7 heteroatoms. The van der Waals surface area contributed by atoms with Gasteiger partial charge in [-0.3, -0.25) is 9.59 Å². The lowest BCUT2D eigenvalue weighted by atomic mass is 9.76. The summed E-state index contributed by atoms with van der Waals surface area (Å²) in [5, 5.41) is 1.07. The molecule has 0 unspecified atom stereocenters. The van der Waals surface area contributed by atoms with Gasteiger partial charge in [0.2, 0.25) is 5.91 Å². The smallest absolute Gasteiger partial charge is 0.255 e. The summed E-state index contributed by atoms with van der Waals surface area (Å²) in [6.45, 7) is 4.93. The molecule has 0 radical (unpaired) electrons. The second-order valence-electron chi connectivity index (χ2n) is 10.3. The predicted molar refractivity (Wildman–Crippen MR) is 137 cm³/mol. The van der Waals surface area contributed by atoms with Gasteiger partial charge in [-0.15, -0.1) is 0 Å². The molecule has 0 bridgehead atoms. The van der Waals surface area contributed by atoms with Crippen LogP contribution in [0, 0.1) is 0 Å². The number of carbonyl (C=O) groups excluding carboxylic acids is 2. The van der Waals surface area contributed by atoms with Crippen molar-refractivity contribution in [2.75, 3.05) is 26.8 Å². The summed E-state index contributed by atoms with van der Waals surface area (Å²) < 4.78 is 11.7. The van der Waals surface area contributed by atoms with Crippen LogP contribution in [0.4, 0.5) is 0 Å². The fraction of sp³-hybridized carbons (Fsp3) is 0.448. The van der Waals surface area contributed by atoms with E-state index in [4.69, 9.17) is 9.47 Å². The van der Waals surface area contributed by atoms with E-state index in [1.807, 2.05) is 55.1 Å². The maximum Gasteiger partial charge on any atom is 0.255 e. The number of para-hydroxylation sites is 2. The van der Waals surface area contributed by atoms with Gasteiger partial charge in [0.1, 0.15) is 6.54 Å². The number of rotatable bonds is 5. The number of H-pyrrole nitrogens is 1. The molecule has 0 spiro atoms. The first-order valence-electron chi connectivity index (χ1n) is 13.0. The number of nitrogens with zero attached hydrogens (tertiary/aromatic N) is 2. The number of fused-ring (bicyclic) bond motifs is 5. The maximum atomic E-state index is 14.2. The third-order valence-corrected chi connectivity index (χ3v) is 8.43. The Labute approximate surface area is 211 Å². The first-order chi connectivity index (χ1) is 17.5. The number of hydrogen-bond acceptors (Lipinski definition) is 4. The highest BCUT2D eigenvalue weighted by Gasteiger charge is 2.57. The number of aromatic nitrogens is 1. The molecule has 36 heavy (non-hydrogen) atoms. The largest absolute Gasteiger partial charge is 0.493 e. The van der Waals surface area contributed by atoms with Gasteiger partial charge in [-0.25, -0.2) is 0 Å². The molecule has 2 aromatic carbocycles. The zero-order valence-electron chi connectivity index (χ0n) is 21.2. The first kappa shape index (κ1) is 23.0. The molecule has 1 saturated heterocycles. The van der Waals surface area contributed by atoms with Gasteiger partial charge in [0.15, 0.2) is 17.0 Å². The lowest BCUT2D eigenvalue weighted by molar-refractivity contribution is -0.168. The average molecular weight is 488 g/mol. The van der Waals surface area contributed by atoms with Gasteiger partial charge >= 0.3 is 0 Å². The number of hydrogen-bond donors (Lipinski definition) is 1. The third kappa shape index (κ3) is 3.18. The molecule has 3 heterocycles. The number of methoxy groups -OCH3 is 1. The van der Waals surface area contributed by atoms with E-state index < -0.39 is 5.54 Å². The van der Waals surface area contributed by atoms with E-state index in [1.54, 1.807) is 12.0 Å². The van der Waals surface area contributed by atoms with E-state index >= 15 is 0 Å². The van der Waals surface area contributed by atoms with E-state index in [1.165, 1.54) is 0 Å². The lowest BCUT2D eigenvalue weighted by Crippen LogP contribution is -2.68. The van der Waals surface area contributed by atoms with Crippen LogP contribution in [0.15, 0.2) is 42.5 Å². The Bertz CT molecular complexity index is 1340. The number of aromatic amines is 1. The van der Waals surface area contributed by atoms with Crippen molar-refractivity contribution in [3.8, 4) is 11.5 Å². The Hall–Kier alpha value is -3.48. The second kappa shape index (κ2) is 8.57. The van der Waals surface area contributed by atoms with Crippen LogP contribution in [0.5, 0.6) is 11.5 Å². The van der Waals surface area contributed by atoms with Crippen molar-refractivity contribution in [1.82, 2.24) is 14.8 Å². The van der Waals surface area contributed by atoms with Crippen LogP contribution in [0.1, 0.15) is 62.3 Å². The average Bonchev–Trinajstić information content (AvgIpc) is 3.56. The minimum absolute atomic E-state index is 0.000776. The molecule has 7 nitrogen and oxygen atoms in total. The van der Waals surface area contributed by atoms with Crippen LogP contribution in [-0.4, -0.2) is 59.4 Å². The van der Waals surface area contributed by atoms with E-state index in [9.17, 15) is 9.59 Å². The number of carbonyl (C=O) groups is 2. The Kier molecular flexibility index (Phi) is 5.47. The van der Waals surface area contributed by atoms with Crippen LogP contribution in [-0.2, 0) is 15.1 Å². The fourth-order valence-corrected chi connectivity index (χ4v) is 6.69. The molecule has 188 valence electrons. The summed E-state index contributed by atoms with van der Waals surface area (Å²) in [5.41, 5.74) is 2.73. The van der Waals surface area contributed by atoms with Crippen molar-refractivity contribution >= 4 is 22.7 Å². The Balaban J connectivity index is 1.57. The fourth-order valence-electron chi connectivity index (χ4n) is 6.69. The van der Waals surface area contributed by atoms with Crippen molar-refractivity contribution in [3.05, 3.63) is 59.3 Å². The van der Waals surface area contributed by atoms with Crippen molar-refractivity contribution in [2.24, 2.45) is 0 Å². The summed E-state index contributed by atoms with van der Waals surface area (Å²) >= 11 is 0. The standard InChI is InChI=1S/C29H33N3O4/c1-4-36-26-19(13-9-15-23(26)35-3)21-16-32-24(33)17-31(18-10-5-6-11-18)28(34)29(32,2)27-25(21)20-12-7-8-14-22(20)30-27/h7-9,12-15,18,21,30H,4-6,10-11,16-17H2,1-3H3/t21-,29-/m0/s1. The number of amides is 2. The number of nitrogens with one attached hydrogen (secondary N) is 1. The van der Waals surface area contributed by atoms with Gasteiger partial charge < -0.3 is 24.3 Å². The molecule has 2 atom stereocenters. The summed E-state index contributed by atoms with van der Waals surface area (Å²) in [6.07, 6.45) is 4.16. The third-order valence-electron chi connectivity index (χ3n) is 8.43. The van der Waals surface area contributed by atoms with Gasteiger partial charge in [0.05, 0.1) is 19.4 Å². The van der Waals surface area contributed by atoms with Crippen LogP contribution >= 0.6 is 0 Å². The van der Waals surface area contributed by atoms with Gasteiger partial charge in [-0.05, 0) is 44.4 Å². The highest BCUT2D eigenvalue weighted by Crippen LogP contribution is 2.51. The van der Waals surface area contributed by atoms with Gasteiger partial charge in [-0.2, -0.15) is 0 Å². The van der Waals surface area contributed by atoms with Crippen LogP contribution in [0.2, 0.25) is 0 Å². The molecule has 2 amide bonds. The monoisotopic (exact) mass is 487 g/mol. The van der Waals surface area contributed by atoms with Gasteiger partial charge in [0, 0.05) is 35.0 Å². The highest BCUT2D eigenvalue weighted by atomic mass is 16.5. The maximum absolute atomic E-state index is 14.2. The Morgan fingerprint density at radius 2 is 1.86 bits per heavy atom. The van der Waals surface area contributed by atoms with Crippen molar-refractivity contribution in [3.63, 3.8) is 0 Å². The summed E-state index contributed by atoms with van der Waals surface area (Å²) in [5.74, 6) is 1.21. The second-order valence-corrected chi connectivity index (χ2v) is 10.3. The predicted octanol–water partition coefficient (Wildman–Crippen LogP) is 4.55. The molecular formula is C29H33N3O4. The van der Waals surface area contributed by atoms with E-state index in [0.29, 0.717) is 24.7 Å². The minimum Gasteiger partial charge on any atom is -0.493 e. The lowest BCUT2D eigenvalue weighted by Gasteiger charge is -2.52. The molecule has 3 aromatic rings. The molecule has 2 fully saturated rings. The summed E-state index contributed by atoms with van der Waals surface area (Å²) in [7, 11) is 1.64. The zero-order chi connectivity index (χ0) is 25.0. The van der Waals surface area contributed by atoms with Crippen LogP contribution in [0.25, 0.3) is 10.9 Å². The van der Waals surface area contributed by atoms with Crippen molar-refractivity contribution in [2.45, 2.75) is 57.0 Å². The van der Waals surface area contributed by atoms with E-state index in [0.717, 1.165) is 53.4 Å². The highest BCUT2D eigenvalue weighted by molar-refractivity contribution is 6.01. The SMILES string of the molecule is CCOc1c(OC)cccc1[C@@H]1CN2C(=O)CN(C3CCCC3)C(=O)[C@]2(C)c2[nH]c3ccccc3c21. The molecular weight excluding hydrogens is 454 g/mol. The summed E-state index contributed by atoms with van der Waals surface area (Å²) in [6, 6.07) is 14.2. The molecule has 1 aliphatic carbocycles. The van der Waals surface area contributed by atoms with Crippen molar-refractivity contribution < 1.29 is 19.1 Å². The molecule has 1 N–H and O–H groups in total. The number of benzene rings is 2. The van der Waals surface area contributed by atoms with Crippen molar-refractivity contribution in [1.29, 1.82) is 0 Å². The van der Waals surface area contributed by atoms with Crippen LogP contribution in [0.3, 0.4) is 0 Å². The number of piperazine rings is 1. The van der Waals surface area contributed by atoms with E-state index in [-0.39, 0.29) is 30.3 Å². The first-order valence-corrected chi connectivity index (χ1v) is 13.0. The Morgan fingerprint density at radius 1 is 1.08 bits per heavy atom. The topological polar surface area (TPSA) is 74.9 Å². The molecule has 1 aromatic heterocycles. The molecule has 6 rings (SSSR count). The molecule has 2 aliphatic heterocycles. The minimum atomic E-state index is -1.08. The zero-order valence-corrected chi connectivity index (χ0v) is 21.2. The number of ether oxygens (including phenoxy) is 2. The van der Waals surface area contributed by atoms with Crippen LogP contribution < -0.4 is 9.47 Å². The van der Waals surface area contributed by atoms with Gasteiger partial charge in [-0.1, -0.05) is 43.2 Å². The quantitative estimate of drug-likeness (QED) is 0.573. The molecule has 3 aliphatic rings. The Morgan fingerprint density at radius 3 is 2.61 bits per heavy atom. The molecule has 1 saturated carbocycles.